The van der Waals surface area contributed by atoms with Gasteiger partial charge in [0.2, 0.25) is 5.91 Å². The molecule has 7 atom stereocenters. The fraction of sp³-hybridized carbons (Fsp3) is 0.841. The minimum Gasteiger partial charge on any atom is -0.394 e. The van der Waals surface area contributed by atoms with Crippen molar-refractivity contribution in [3.63, 3.8) is 0 Å². The van der Waals surface area contributed by atoms with Crippen LogP contribution in [0.2, 0.25) is 0 Å². The van der Waals surface area contributed by atoms with Crippen molar-refractivity contribution in [1.29, 1.82) is 0 Å². The molecule has 0 aromatic heterocycles. The van der Waals surface area contributed by atoms with Gasteiger partial charge in [-0.05, 0) is 57.8 Å². The first kappa shape index (κ1) is 49.4. The Balaban J connectivity index is 2.30. The predicted molar refractivity (Wildman–Crippen MR) is 216 cm³/mol. The number of aliphatic hydroxyl groups excluding tert-OH is 5. The van der Waals surface area contributed by atoms with Gasteiger partial charge < -0.3 is 40.3 Å². The maximum atomic E-state index is 12.9. The molecule has 0 spiro atoms. The van der Waals surface area contributed by atoms with Gasteiger partial charge in [-0.2, -0.15) is 0 Å². The van der Waals surface area contributed by atoms with Gasteiger partial charge in [-0.25, -0.2) is 0 Å². The lowest BCUT2D eigenvalue weighted by Crippen LogP contribution is -2.60. The fourth-order valence-electron chi connectivity index (χ4n) is 6.64. The van der Waals surface area contributed by atoms with E-state index in [0.717, 1.165) is 51.4 Å². The van der Waals surface area contributed by atoms with Crippen LogP contribution in [0, 0.1) is 0 Å². The number of carbonyl (C=O) groups excluding carboxylic acids is 1. The molecule has 0 aromatic carbocycles. The maximum absolute atomic E-state index is 12.9. The minimum absolute atomic E-state index is 0.195. The van der Waals surface area contributed by atoms with Crippen LogP contribution >= 0.6 is 0 Å². The number of unbranched alkanes of at least 4 members (excludes halogenated alkanes) is 21. The molecule has 1 saturated heterocycles. The summed E-state index contributed by atoms with van der Waals surface area (Å²) in [4.78, 5) is 12.9. The topological polar surface area (TPSA) is 149 Å². The third kappa shape index (κ3) is 26.0. The summed E-state index contributed by atoms with van der Waals surface area (Å²) in [5.74, 6) is -0.195. The van der Waals surface area contributed by atoms with Gasteiger partial charge in [0.15, 0.2) is 6.29 Å². The fourth-order valence-corrected chi connectivity index (χ4v) is 6.64. The lowest BCUT2D eigenvalue weighted by molar-refractivity contribution is -0.302. The second-order valence-electron chi connectivity index (χ2n) is 15.1. The van der Waals surface area contributed by atoms with E-state index >= 15 is 0 Å². The van der Waals surface area contributed by atoms with Crippen molar-refractivity contribution >= 4 is 5.91 Å². The van der Waals surface area contributed by atoms with Crippen LogP contribution in [0.4, 0.5) is 0 Å². The summed E-state index contributed by atoms with van der Waals surface area (Å²) in [6.45, 7) is 3.69. The van der Waals surface area contributed by atoms with Gasteiger partial charge in [0, 0.05) is 6.42 Å². The maximum Gasteiger partial charge on any atom is 0.220 e. The van der Waals surface area contributed by atoms with Gasteiger partial charge >= 0.3 is 0 Å². The molecule has 7 unspecified atom stereocenters. The first-order chi connectivity index (χ1) is 25.8. The Labute approximate surface area is 323 Å². The second-order valence-corrected chi connectivity index (χ2v) is 15.1. The van der Waals surface area contributed by atoms with E-state index in [9.17, 15) is 30.3 Å². The number of hydrogen-bond donors (Lipinski definition) is 6. The zero-order valence-corrected chi connectivity index (χ0v) is 33.8. The molecule has 0 aromatic rings. The molecule has 53 heavy (non-hydrogen) atoms. The average molecular weight is 752 g/mol. The molecule has 1 fully saturated rings. The minimum atomic E-state index is -1.57. The Morgan fingerprint density at radius 2 is 1.08 bits per heavy atom. The molecule has 0 bridgehead atoms. The van der Waals surface area contributed by atoms with Gasteiger partial charge in [0.05, 0.1) is 25.4 Å². The van der Waals surface area contributed by atoms with Crippen molar-refractivity contribution < 1.29 is 39.8 Å². The molecule has 1 amide bonds. The van der Waals surface area contributed by atoms with Crippen LogP contribution in [0.1, 0.15) is 181 Å². The number of carbonyl (C=O) groups is 1. The molecule has 9 nitrogen and oxygen atoms in total. The molecular weight excluding hydrogens is 670 g/mol. The van der Waals surface area contributed by atoms with Crippen LogP contribution in [-0.2, 0) is 14.3 Å². The quantitative estimate of drug-likeness (QED) is 0.0279. The highest BCUT2D eigenvalue weighted by Crippen LogP contribution is 2.22. The number of amides is 1. The Morgan fingerprint density at radius 3 is 1.62 bits per heavy atom. The largest absolute Gasteiger partial charge is 0.394 e. The van der Waals surface area contributed by atoms with Gasteiger partial charge in [0.1, 0.15) is 24.4 Å². The van der Waals surface area contributed by atoms with E-state index in [0.29, 0.717) is 6.42 Å². The van der Waals surface area contributed by atoms with Gasteiger partial charge in [0.25, 0.3) is 0 Å². The number of hydrogen-bond acceptors (Lipinski definition) is 8. The highest BCUT2D eigenvalue weighted by Gasteiger charge is 2.44. The molecule has 1 heterocycles. The summed E-state index contributed by atoms with van der Waals surface area (Å²) >= 11 is 0. The first-order valence-electron chi connectivity index (χ1n) is 21.7. The normalized spacial score (nSPS) is 22.0. The SMILES string of the molecule is CCCCC/C=C/CC/C=C/C(O)C(COC1OC(CO)C(O)C(O)C1O)NC(=O)CCCCCCCCC/C=C\CCCCCCCCCCCC. The second kappa shape index (κ2) is 34.9. The van der Waals surface area contributed by atoms with E-state index in [-0.39, 0.29) is 12.5 Å². The lowest BCUT2D eigenvalue weighted by Gasteiger charge is -2.40. The van der Waals surface area contributed by atoms with Crippen LogP contribution in [0.5, 0.6) is 0 Å². The Kier molecular flexibility index (Phi) is 32.5. The van der Waals surface area contributed by atoms with Crippen LogP contribution in [0.3, 0.4) is 0 Å². The van der Waals surface area contributed by atoms with Gasteiger partial charge in [-0.15, -0.1) is 0 Å². The lowest BCUT2D eigenvalue weighted by atomic mass is 9.99. The molecule has 9 heteroatoms. The first-order valence-corrected chi connectivity index (χ1v) is 21.7. The summed E-state index contributed by atoms with van der Waals surface area (Å²) in [6, 6.07) is -0.820. The van der Waals surface area contributed by atoms with Crippen LogP contribution in [-0.4, -0.2) is 87.5 Å². The molecule has 1 aliphatic rings. The van der Waals surface area contributed by atoms with Crippen molar-refractivity contribution in [3.8, 4) is 0 Å². The predicted octanol–water partition coefficient (Wildman–Crippen LogP) is 8.50. The standard InChI is InChI=1S/C44H81NO8/c1-3-5-7-9-11-13-14-15-16-17-18-19-20-21-22-23-24-26-28-30-32-34-40(48)45-37(38(47)33-31-29-27-25-12-10-8-6-4-2)36-52-44-43(51)42(50)41(49)39(35-46)53-44/h12,19-20,25,31,33,37-39,41-44,46-47,49-51H,3-11,13-18,21-24,26-30,32,34-36H2,1-2H3,(H,45,48)/b20-19-,25-12+,33-31+. The Hall–Kier alpha value is -1.59. The summed E-state index contributed by atoms with van der Waals surface area (Å²) in [5.41, 5.74) is 0. The number of nitrogens with one attached hydrogen (secondary N) is 1. The smallest absolute Gasteiger partial charge is 0.220 e. The van der Waals surface area contributed by atoms with Gasteiger partial charge in [-0.1, -0.05) is 153 Å². The van der Waals surface area contributed by atoms with E-state index < -0.39 is 49.5 Å². The summed E-state index contributed by atoms with van der Waals surface area (Å²) < 4.78 is 11.1. The third-order valence-corrected chi connectivity index (χ3v) is 10.2. The van der Waals surface area contributed by atoms with E-state index in [4.69, 9.17) is 9.47 Å². The van der Waals surface area contributed by atoms with Crippen molar-refractivity contribution in [2.45, 2.75) is 224 Å². The highest BCUT2D eigenvalue weighted by atomic mass is 16.7. The summed E-state index contributed by atoms with van der Waals surface area (Å²) in [6.07, 6.45) is 34.9. The molecule has 310 valence electrons. The van der Waals surface area contributed by atoms with Crippen LogP contribution in [0.25, 0.3) is 0 Å². The number of aliphatic hydroxyl groups is 5. The van der Waals surface area contributed by atoms with Crippen molar-refractivity contribution in [2.75, 3.05) is 13.2 Å². The van der Waals surface area contributed by atoms with E-state index in [1.807, 2.05) is 6.08 Å². The van der Waals surface area contributed by atoms with Gasteiger partial charge in [-0.3, -0.25) is 4.79 Å². The Bertz CT molecular complexity index is 925. The summed E-state index contributed by atoms with van der Waals surface area (Å²) in [5, 5.41) is 53.9. The summed E-state index contributed by atoms with van der Waals surface area (Å²) in [7, 11) is 0. The highest BCUT2D eigenvalue weighted by molar-refractivity contribution is 5.76. The molecule has 1 rings (SSSR count). The molecule has 0 saturated carbocycles. The van der Waals surface area contributed by atoms with E-state index in [2.05, 4.69) is 43.5 Å². The molecule has 6 N–H and O–H groups in total. The number of ether oxygens (including phenoxy) is 2. The number of allylic oxidation sites excluding steroid dienone is 5. The average Bonchev–Trinajstić information content (AvgIpc) is 3.16. The van der Waals surface area contributed by atoms with Crippen molar-refractivity contribution in [3.05, 3.63) is 36.5 Å². The van der Waals surface area contributed by atoms with Crippen LogP contribution in [0.15, 0.2) is 36.5 Å². The van der Waals surface area contributed by atoms with Crippen LogP contribution < -0.4 is 5.32 Å². The molecule has 1 aliphatic heterocycles. The monoisotopic (exact) mass is 752 g/mol. The zero-order valence-electron chi connectivity index (χ0n) is 33.8. The third-order valence-electron chi connectivity index (χ3n) is 10.2. The van der Waals surface area contributed by atoms with E-state index in [1.54, 1.807) is 6.08 Å². The molecule has 0 aliphatic carbocycles. The van der Waals surface area contributed by atoms with Crippen molar-refractivity contribution in [1.82, 2.24) is 5.32 Å². The Morgan fingerprint density at radius 1 is 0.623 bits per heavy atom. The van der Waals surface area contributed by atoms with Crippen molar-refractivity contribution in [2.24, 2.45) is 0 Å². The zero-order chi connectivity index (χ0) is 38.8. The molecule has 0 radical (unpaired) electrons. The number of rotatable bonds is 35. The molecular formula is C44H81NO8. The van der Waals surface area contributed by atoms with E-state index in [1.165, 1.54) is 109 Å².